The highest BCUT2D eigenvalue weighted by atomic mass is 16.5. The van der Waals surface area contributed by atoms with E-state index in [0.29, 0.717) is 13.2 Å². The molecule has 0 saturated carbocycles. The van der Waals surface area contributed by atoms with Gasteiger partial charge in [0.15, 0.2) is 23.0 Å². The maximum Gasteiger partial charge on any atom is 0.160 e. The Bertz CT molecular complexity index is 2900. The fourth-order valence-electron chi connectivity index (χ4n) is 7.62. The molecular formula is C102H186O13. The zero-order valence-corrected chi connectivity index (χ0v) is 84.5. The first-order valence-corrected chi connectivity index (χ1v) is 42.9. The first kappa shape index (κ1) is 141. The number of ether oxygens (including phenoxy) is 13. The Morgan fingerprint density at radius 3 is 0.678 bits per heavy atom. The van der Waals surface area contributed by atoms with Gasteiger partial charge in [-0.1, -0.05) is 268 Å². The van der Waals surface area contributed by atoms with Crippen LogP contribution in [0.2, 0.25) is 0 Å². The van der Waals surface area contributed by atoms with Gasteiger partial charge in [-0.25, -0.2) is 0 Å². The Morgan fingerprint density at radius 2 is 0.417 bits per heavy atom. The smallest absolute Gasteiger partial charge is 0.160 e. The lowest BCUT2D eigenvalue weighted by Crippen LogP contribution is -1.99. The molecule has 672 valence electrons. The molecule has 0 radical (unpaired) electrons. The lowest BCUT2D eigenvalue weighted by Gasteiger charge is -2.16. The fraction of sp³-hybridized carbons (Fsp3) is 0.529. The standard InChI is InChI=1S/C12H18O.C10H14O2.C9H12O2.C9H12O.3C8H10O2.C8H10O.15C2H6/c1-7-8(2)10(4)12(13-6)11(5)9(7)3;1-3-11-9-5-7-10(8-6-9)12-4-2;1-7-4-5-8(10-2)9(6-7)11-3;1-7-4-5-9(10-3)8(2)6-7;1-9-7-3-5-8(10-2)6-4-7;1-9-7-4-3-5-8(6-7)10-2;1-9-7-5-3-4-6-8(7)10-2;1-2-9-8-6-4-3-5-7-8;15*1-2/h1-6H3;5-8H,3-4H2,1-2H3;4-6H,1-3H3;4-6H,1-3H3;3*3-6H,1-2H3;3-7H,2H2,1H3;15*1-2H3. The van der Waals surface area contributed by atoms with Crippen molar-refractivity contribution in [1.29, 1.82) is 0 Å². The van der Waals surface area contributed by atoms with Crippen LogP contribution in [0.3, 0.4) is 0 Å². The third kappa shape index (κ3) is 78.8. The predicted octanol–water partition coefficient (Wildman–Crippen LogP) is 32.6. The number of para-hydroxylation sites is 3. The van der Waals surface area contributed by atoms with Crippen molar-refractivity contribution < 1.29 is 61.6 Å². The van der Waals surface area contributed by atoms with E-state index in [0.717, 1.165) is 81.4 Å². The molecule has 0 N–H and O–H groups in total. The van der Waals surface area contributed by atoms with Crippen LogP contribution in [-0.2, 0) is 0 Å². The highest BCUT2D eigenvalue weighted by Gasteiger charge is 2.12. The molecule has 0 aliphatic heterocycles. The number of methoxy groups -OCH3 is 10. The molecule has 0 unspecified atom stereocenters. The van der Waals surface area contributed by atoms with E-state index in [4.69, 9.17) is 61.6 Å². The van der Waals surface area contributed by atoms with Gasteiger partial charge in [0, 0.05) is 6.07 Å². The second-order valence-electron chi connectivity index (χ2n) is 18.2. The van der Waals surface area contributed by atoms with Crippen LogP contribution >= 0.6 is 0 Å². The molecular weight excluding hydrogens is 1430 g/mol. The molecule has 0 aromatic heterocycles. The zero-order valence-electron chi connectivity index (χ0n) is 84.5. The van der Waals surface area contributed by atoms with E-state index in [1.807, 2.05) is 400 Å². The summed E-state index contributed by atoms with van der Waals surface area (Å²) in [6.07, 6.45) is 0. The zero-order chi connectivity index (χ0) is 93.5. The van der Waals surface area contributed by atoms with E-state index >= 15 is 0 Å². The number of benzene rings is 8. The quantitative estimate of drug-likeness (QED) is 0.0914. The van der Waals surface area contributed by atoms with Gasteiger partial charge in [-0.2, -0.15) is 0 Å². The van der Waals surface area contributed by atoms with Gasteiger partial charge in [0.25, 0.3) is 0 Å². The first-order valence-electron chi connectivity index (χ1n) is 42.9. The third-order valence-electron chi connectivity index (χ3n) is 12.6. The molecule has 8 aromatic rings. The first-order chi connectivity index (χ1) is 55.9. The summed E-state index contributed by atoms with van der Waals surface area (Å²) in [5, 5.41) is 0. The predicted molar refractivity (Wildman–Crippen MR) is 519 cm³/mol. The number of hydrogen-bond donors (Lipinski definition) is 0. The van der Waals surface area contributed by atoms with Crippen LogP contribution in [0.5, 0.6) is 74.7 Å². The molecule has 8 aromatic carbocycles. The largest absolute Gasteiger partial charge is 0.497 e. The molecule has 13 nitrogen and oxygen atoms in total. The van der Waals surface area contributed by atoms with E-state index < -0.39 is 0 Å². The van der Waals surface area contributed by atoms with Crippen molar-refractivity contribution in [1.82, 2.24) is 0 Å². The van der Waals surface area contributed by atoms with Gasteiger partial charge in [-0.3, -0.25) is 0 Å². The maximum atomic E-state index is 5.39. The Morgan fingerprint density at radius 1 is 0.183 bits per heavy atom. The summed E-state index contributed by atoms with van der Waals surface area (Å²) >= 11 is 0. The Hall–Kier alpha value is -8.84. The molecule has 13 heteroatoms. The van der Waals surface area contributed by atoms with Crippen molar-refractivity contribution in [2.24, 2.45) is 0 Å². The average molecular weight is 1620 g/mol. The topological polar surface area (TPSA) is 120 Å². The second-order valence-corrected chi connectivity index (χ2v) is 18.2. The fourth-order valence-corrected chi connectivity index (χ4v) is 7.62. The second kappa shape index (κ2) is 121. The normalized spacial score (nSPS) is 7.71. The minimum Gasteiger partial charge on any atom is -0.497 e. The Labute approximate surface area is 715 Å². The molecule has 0 aliphatic carbocycles. The number of aryl methyl sites for hydroxylation is 3. The highest BCUT2D eigenvalue weighted by molar-refractivity contribution is 5.53. The van der Waals surface area contributed by atoms with E-state index in [1.165, 1.54) is 44.5 Å². The van der Waals surface area contributed by atoms with E-state index in [1.54, 1.807) is 71.1 Å². The summed E-state index contributed by atoms with van der Waals surface area (Å²) < 4.78 is 66.3. The average Bonchev–Trinajstić information content (AvgIpc) is 0.802. The molecule has 0 saturated heterocycles. The van der Waals surface area contributed by atoms with Crippen LogP contribution in [0.4, 0.5) is 0 Å². The lowest BCUT2D eigenvalue weighted by molar-refractivity contribution is 0.330. The van der Waals surface area contributed by atoms with Crippen molar-refractivity contribution in [3.63, 3.8) is 0 Å². The van der Waals surface area contributed by atoms with Crippen LogP contribution < -0.4 is 61.6 Å². The number of rotatable bonds is 16. The molecule has 0 atom stereocenters. The van der Waals surface area contributed by atoms with Crippen molar-refractivity contribution in [2.75, 3.05) is 90.9 Å². The van der Waals surface area contributed by atoms with Crippen LogP contribution in [0.15, 0.2) is 164 Å². The summed E-state index contributed by atoms with van der Waals surface area (Å²) in [5.41, 5.74) is 10.3. The van der Waals surface area contributed by atoms with Gasteiger partial charge in [0.2, 0.25) is 0 Å². The van der Waals surface area contributed by atoms with Crippen LogP contribution in [0, 0.1) is 55.4 Å². The molecule has 0 amide bonds. The minimum atomic E-state index is 0.702. The summed E-state index contributed by atoms with van der Waals surface area (Å²) in [6, 6.07) is 51.9. The number of hydrogen-bond acceptors (Lipinski definition) is 13. The molecule has 115 heavy (non-hydrogen) atoms. The summed E-state index contributed by atoms with van der Waals surface area (Å²) in [5.74, 6) is 11.2. The summed E-state index contributed by atoms with van der Waals surface area (Å²) in [6.45, 7) is 84.9. The van der Waals surface area contributed by atoms with Crippen molar-refractivity contribution >= 4 is 0 Å². The maximum absolute atomic E-state index is 5.39. The minimum absolute atomic E-state index is 0.702. The van der Waals surface area contributed by atoms with Crippen molar-refractivity contribution in [2.45, 2.75) is 284 Å². The molecule has 0 aliphatic rings. The van der Waals surface area contributed by atoms with E-state index in [2.05, 4.69) is 47.6 Å². The molecule has 0 heterocycles. The van der Waals surface area contributed by atoms with Gasteiger partial charge >= 0.3 is 0 Å². The monoisotopic (exact) mass is 1620 g/mol. The SMILES string of the molecule is CC.CC.CC.CC.CC.CC.CC.CC.CC.CC.CC.CC.CC.CC.CC.CCOc1ccc(OCC)cc1.CCOc1ccccc1.COc1c(C)c(C)c(C)c(C)c1C.COc1ccc(C)cc1C.COc1ccc(C)cc1OC.COc1ccc(OC)cc1.COc1cccc(OC)c1.COc1ccccc1OC. The third-order valence-corrected chi connectivity index (χ3v) is 12.6. The Kier molecular flexibility index (Phi) is 148. The summed E-state index contributed by atoms with van der Waals surface area (Å²) in [4.78, 5) is 0. The van der Waals surface area contributed by atoms with E-state index in [9.17, 15) is 0 Å². The highest BCUT2D eigenvalue weighted by Crippen LogP contribution is 2.32. The van der Waals surface area contributed by atoms with Gasteiger partial charge in [0.1, 0.15) is 51.7 Å². The van der Waals surface area contributed by atoms with Crippen LogP contribution in [0.25, 0.3) is 0 Å². The van der Waals surface area contributed by atoms with Crippen molar-refractivity contribution in [3.8, 4) is 74.7 Å². The molecule has 0 bridgehead atoms. The van der Waals surface area contributed by atoms with E-state index in [-0.39, 0.29) is 0 Å². The van der Waals surface area contributed by atoms with Gasteiger partial charge in [-0.15, -0.1) is 0 Å². The molecule has 8 rings (SSSR count). The molecule has 0 spiro atoms. The van der Waals surface area contributed by atoms with Gasteiger partial charge in [0.05, 0.1) is 90.9 Å². The Balaban J connectivity index is -0.0000000729. The summed E-state index contributed by atoms with van der Waals surface area (Å²) in [7, 11) is 16.5. The van der Waals surface area contributed by atoms with Crippen molar-refractivity contribution in [3.05, 3.63) is 208 Å². The van der Waals surface area contributed by atoms with Crippen LogP contribution in [0.1, 0.15) is 273 Å². The lowest BCUT2D eigenvalue weighted by atomic mass is 9.94. The van der Waals surface area contributed by atoms with Gasteiger partial charge in [-0.05, 0) is 218 Å². The van der Waals surface area contributed by atoms with Crippen LogP contribution in [-0.4, -0.2) is 90.9 Å². The molecule has 0 fully saturated rings. The van der Waals surface area contributed by atoms with Gasteiger partial charge < -0.3 is 61.6 Å².